The molecule has 2 unspecified atom stereocenters. The van der Waals surface area contributed by atoms with E-state index >= 15 is 0 Å². The molecule has 0 aromatic heterocycles. The molecule has 0 fully saturated rings. The van der Waals surface area contributed by atoms with Gasteiger partial charge in [-0.25, -0.2) is 0 Å². The van der Waals surface area contributed by atoms with E-state index in [1.165, 1.54) is 5.56 Å². The van der Waals surface area contributed by atoms with E-state index in [4.69, 9.17) is 22.3 Å². The van der Waals surface area contributed by atoms with E-state index in [2.05, 4.69) is 13.8 Å². The van der Waals surface area contributed by atoms with Gasteiger partial charge >= 0.3 is 0 Å². The summed E-state index contributed by atoms with van der Waals surface area (Å²) in [6, 6.07) is 8.01. The highest BCUT2D eigenvalue weighted by molar-refractivity contribution is 6.65. The number of aryl methyl sites for hydroxylation is 1. The van der Waals surface area contributed by atoms with Crippen molar-refractivity contribution in [2.75, 3.05) is 6.54 Å². The Bertz CT molecular complexity index is 644. The normalized spacial score (nSPS) is 21.6. The Hall–Kier alpha value is -1.45. The van der Waals surface area contributed by atoms with Crippen molar-refractivity contribution in [3.05, 3.63) is 41.0 Å². The first-order chi connectivity index (χ1) is 10.8. The molecule has 2 N–H and O–H groups in total. The van der Waals surface area contributed by atoms with E-state index < -0.39 is 5.92 Å². The Labute approximate surface area is 143 Å². The fourth-order valence-corrected chi connectivity index (χ4v) is 3.45. The molecule has 0 saturated carbocycles. The van der Waals surface area contributed by atoms with Crippen LogP contribution < -0.4 is 5.73 Å². The van der Waals surface area contributed by atoms with Crippen LogP contribution in [-0.2, 0) is 4.79 Å². The highest BCUT2D eigenvalue weighted by Crippen LogP contribution is 2.37. The van der Waals surface area contributed by atoms with Crippen molar-refractivity contribution in [1.29, 1.82) is 0 Å². The lowest BCUT2D eigenvalue weighted by atomic mass is 9.79. The van der Waals surface area contributed by atoms with Gasteiger partial charge < -0.3 is 5.73 Å². The third-order valence-corrected chi connectivity index (χ3v) is 4.47. The molecule has 23 heavy (non-hydrogen) atoms. The molecule has 4 heteroatoms. The van der Waals surface area contributed by atoms with Crippen LogP contribution in [0.4, 0.5) is 0 Å². The predicted octanol–water partition coefficient (Wildman–Crippen LogP) is 3.98. The van der Waals surface area contributed by atoms with Crippen LogP contribution in [0.1, 0.15) is 38.3 Å². The van der Waals surface area contributed by atoms with E-state index in [1.807, 2.05) is 38.1 Å². The first-order valence-electron chi connectivity index (χ1n) is 8.11. The standard InChI is InChI=1S/C19H25ClN2O/c1-11(2)9-16-15(10-21)18(14-7-5-12(3)6-8-14)17(19(20)23)13(4)22-16/h5-8,11,13,17H,9-10,21H2,1-4H3. The van der Waals surface area contributed by atoms with Gasteiger partial charge in [-0.05, 0) is 54.5 Å². The first-order valence-corrected chi connectivity index (χ1v) is 8.49. The molecular formula is C19H25ClN2O. The van der Waals surface area contributed by atoms with Crippen LogP contribution in [0.25, 0.3) is 5.57 Å². The quantitative estimate of drug-likeness (QED) is 0.829. The van der Waals surface area contributed by atoms with Crippen molar-refractivity contribution >= 4 is 28.1 Å². The number of aliphatic imine (C=N–C) groups is 1. The van der Waals surface area contributed by atoms with Crippen LogP contribution in [0.5, 0.6) is 0 Å². The van der Waals surface area contributed by atoms with E-state index in [1.54, 1.807) is 0 Å². The summed E-state index contributed by atoms with van der Waals surface area (Å²) in [5.74, 6) is 0.0406. The highest BCUT2D eigenvalue weighted by Gasteiger charge is 2.35. The summed E-state index contributed by atoms with van der Waals surface area (Å²) in [6.07, 6.45) is 0.857. The second kappa shape index (κ2) is 7.41. The minimum atomic E-state index is -0.436. The topological polar surface area (TPSA) is 55.4 Å². The van der Waals surface area contributed by atoms with E-state index in [0.717, 1.165) is 28.8 Å². The summed E-state index contributed by atoms with van der Waals surface area (Å²) in [6.45, 7) is 8.67. The minimum Gasteiger partial charge on any atom is -0.326 e. The molecule has 1 aliphatic heterocycles. The maximum absolute atomic E-state index is 12.1. The molecular weight excluding hydrogens is 308 g/mol. The average Bonchev–Trinajstić information content (AvgIpc) is 2.46. The SMILES string of the molecule is Cc1ccc(C2=C(CN)C(CC(C)C)=NC(C)C2C(=O)Cl)cc1. The van der Waals surface area contributed by atoms with Crippen LogP contribution >= 0.6 is 11.6 Å². The maximum atomic E-state index is 12.1. The van der Waals surface area contributed by atoms with Gasteiger partial charge in [-0.1, -0.05) is 43.7 Å². The van der Waals surface area contributed by atoms with E-state index in [0.29, 0.717) is 12.5 Å². The van der Waals surface area contributed by atoms with Crippen molar-refractivity contribution in [2.45, 2.75) is 40.2 Å². The van der Waals surface area contributed by atoms with Crippen LogP contribution in [0.2, 0.25) is 0 Å². The minimum absolute atomic E-state index is 0.166. The van der Waals surface area contributed by atoms with Gasteiger partial charge in [0, 0.05) is 12.3 Å². The summed E-state index contributed by atoms with van der Waals surface area (Å²) < 4.78 is 0. The summed E-state index contributed by atoms with van der Waals surface area (Å²) in [7, 11) is 0. The summed E-state index contributed by atoms with van der Waals surface area (Å²) in [4.78, 5) is 16.8. The van der Waals surface area contributed by atoms with Crippen LogP contribution in [-0.4, -0.2) is 23.5 Å². The van der Waals surface area contributed by atoms with Crippen molar-refractivity contribution in [1.82, 2.24) is 0 Å². The predicted molar refractivity (Wildman–Crippen MR) is 97.9 cm³/mol. The van der Waals surface area contributed by atoms with Crippen LogP contribution in [0.15, 0.2) is 34.8 Å². The fourth-order valence-electron chi connectivity index (χ4n) is 3.16. The van der Waals surface area contributed by atoms with Crippen molar-refractivity contribution in [2.24, 2.45) is 22.6 Å². The molecule has 0 bridgehead atoms. The molecule has 2 atom stereocenters. The molecule has 1 aliphatic rings. The lowest BCUT2D eigenvalue weighted by molar-refractivity contribution is -0.113. The van der Waals surface area contributed by atoms with Crippen molar-refractivity contribution < 1.29 is 4.79 Å². The molecule has 2 rings (SSSR count). The number of rotatable bonds is 5. The highest BCUT2D eigenvalue weighted by atomic mass is 35.5. The van der Waals surface area contributed by atoms with Gasteiger partial charge in [0.05, 0.1) is 12.0 Å². The fraction of sp³-hybridized carbons (Fsp3) is 0.474. The first kappa shape index (κ1) is 17.9. The molecule has 1 aromatic rings. The molecule has 1 heterocycles. The van der Waals surface area contributed by atoms with E-state index in [-0.39, 0.29) is 11.3 Å². The van der Waals surface area contributed by atoms with Gasteiger partial charge in [0.2, 0.25) is 5.24 Å². The Morgan fingerprint density at radius 2 is 1.91 bits per heavy atom. The van der Waals surface area contributed by atoms with Gasteiger partial charge in [0.25, 0.3) is 0 Å². The van der Waals surface area contributed by atoms with Gasteiger partial charge in [-0.15, -0.1) is 0 Å². The number of carbonyl (C=O) groups excluding carboxylic acids is 1. The second-order valence-electron chi connectivity index (χ2n) is 6.66. The van der Waals surface area contributed by atoms with E-state index in [9.17, 15) is 4.79 Å². The molecule has 0 radical (unpaired) electrons. The monoisotopic (exact) mass is 332 g/mol. The van der Waals surface area contributed by atoms with Crippen LogP contribution in [0.3, 0.4) is 0 Å². The molecule has 1 aromatic carbocycles. The summed E-state index contributed by atoms with van der Waals surface area (Å²) in [5, 5.41) is -0.369. The zero-order valence-corrected chi connectivity index (χ0v) is 15.0. The Balaban J connectivity index is 2.63. The molecule has 3 nitrogen and oxygen atoms in total. The number of halogens is 1. The second-order valence-corrected chi connectivity index (χ2v) is 7.03. The molecule has 124 valence electrons. The van der Waals surface area contributed by atoms with Gasteiger partial charge in [0.1, 0.15) is 0 Å². The van der Waals surface area contributed by atoms with Crippen molar-refractivity contribution in [3.8, 4) is 0 Å². The third kappa shape index (κ3) is 3.91. The molecule has 0 aliphatic carbocycles. The summed E-state index contributed by atoms with van der Waals surface area (Å²) in [5.41, 5.74) is 11.2. The smallest absolute Gasteiger partial charge is 0.231 e. The number of nitrogens with two attached hydrogens (primary N) is 1. The number of nitrogens with zero attached hydrogens (tertiary/aromatic N) is 1. The number of carbonyl (C=O) groups is 1. The molecule has 0 amide bonds. The lowest BCUT2D eigenvalue weighted by Crippen LogP contribution is -2.33. The van der Waals surface area contributed by atoms with Crippen molar-refractivity contribution in [3.63, 3.8) is 0 Å². The van der Waals surface area contributed by atoms with Crippen LogP contribution in [0, 0.1) is 18.8 Å². The number of dihydropyridines is 1. The Morgan fingerprint density at radius 3 is 2.39 bits per heavy atom. The number of hydrogen-bond donors (Lipinski definition) is 1. The van der Waals surface area contributed by atoms with Gasteiger partial charge in [-0.3, -0.25) is 9.79 Å². The third-order valence-electron chi connectivity index (χ3n) is 4.24. The van der Waals surface area contributed by atoms with Gasteiger partial charge in [-0.2, -0.15) is 0 Å². The number of hydrogen-bond acceptors (Lipinski definition) is 3. The maximum Gasteiger partial charge on any atom is 0.231 e. The Morgan fingerprint density at radius 1 is 1.30 bits per heavy atom. The molecule has 0 spiro atoms. The largest absolute Gasteiger partial charge is 0.326 e. The zero-order valence-electron chi connectivity index (χ0n) is 14.3. The summed E-state index contributed by atoms with van der Waals surface area (Å²) >= 11 is 5.92. The lowest BCUT2D eigenvalue weighted by Gasteiger charge is -2.31. The molecule has 0 saturated heterocycles. The zero-order chi connectivity index (χ0) is 17.1. The van der Waals surface area contributed by atoms with Gasteiger partial charge in [0.15, 0.2) is 0 Å². The number of benzene rings is 1. The Kier molecular flexibility index (Phi) is 5.77. The average molecular weight is 333 g/mol.